The smallest absolute Gasteiger partial charge is 0.146 e. The van der Waals surface area contributed by atoms with Crippen molar-refractivity contribution in [1.82, 2.24) is 0 Å². The topological polar surface area (TPSA) is 53.2 Å². The molecule has 0 unspecified atom stereocenters. The molecule has 0 saturated carbocycles. The number of aliphatic hydroxyl groups excluding tert-OH is 1. The third-order valence-corrected chi connectivity index (χ3v) is 2.71. The number of benzene rings is 2. The molecule has 0 aromatic heterocycles. The van der Waals surface area contributed by atoms with Gasteiger partial charge in [0.1, 0.15) is 23.1 Å². The SMILES string of the molecule is N#Cc1c(Cl)cccc1Oc1cccc(CO)c1. The summed E-state index contributed by atoms with van der Waals surface area (Å²) in [5.41, 5.74) is 1.04. The first-order valence-corrected chi connectivity index (χ1v) is 5.68. The maximum absolute atomic E-state index is 9.04. The minimum Gasteiger partial charge on any atom is -0.456 e. The first-order valence-electron chi connectivity index (χ1n) is 5.31. The summed E-state index contributed by atoms with van der Waals surface area (Å²) in [7, 11) is 0. The molecule has 4 heteroatoms. The van der Waals surface area contributed by atoms with E-state index in [2.05, 4.69) is 0 Å². The van der Waals surface area contributed by atoms with Crippen LogP contribution in [-0.2, 0) is 6.61 Å². The molecule has 0 aliphatic rings. The Morgan fingerprint density at radius 2 is 2.00 bits per heavy atom. The Morgan fingerprint density at radius 1 is 1.22 bits per heavy atom. The van der Waals surface area contributed by atoms with Crippen LogP contribution in [0.5, 0.6) is 11.5 Å². The number of halogens is 1. The first kappa shape index (κ1) is 12.4. The van der Waals surface area contributed by atoms with E-state index in [9.17, 15) is 0 Å². The van der Waals surface area contributed by atoms with E-state index in [-0.39, 0.29) is 6.61 Å². The maximum Gasteiger partial charge on any atom is 0.146 e. The van der Waals surface area contributed by atoms with Crippen LogP contribution < -0.4 is 4.74 Å². The Balaban J connectivity index is 2.34. The van der Waals surface area contributed by atoms with Gasteiger partial charge in [-0.2, -0.15) is 5.26 Å². The molecule has 0 amide bonds. The van der Waals surface area contributed by atoms with Crippen molar-refractivity contribution in [3.63, 3.8) is 0 Å². The molecule has 0 heterocycles. The molecular formula is C14H10ClNO2. The van der Waals surface area contributed by atoms with Gasteiger partial charge < -0.3 is 9.84 Å². The van der Waals surface area contributed by atoms with Gasteiger partial charge in [0.2, 0.25) is 0 Å². The predicted octanol–water partition coefficient (Wildman–Crippen LogP) is 3.50. The van der Waals surface area contributed by atoms with E-state index in [0.29, 0.717) is 22.1 Å². The third-order valence-electron chi connectivity index (χ3n) is 2.40. The van der Waals surface area contributed by atoms with Crippen LogP contribution in [0.1, 0.15) is 11.1 Å². The third kappa shape index (κ3) is 2.62. The van der Waals surface area contributed by atoms with Crippen LogP contribution in [-0.4, -0.2) is 5.11 Å². The fraction of sp³-hybridized carbons (Fsp3) is 0.0714. The quantitative estimate of drug-likeness (QED) is 0.918. The van der Waals surface area contributed by atoms with E-state index in [1.165, 1.54) is 0 Å². The lowest BCUT2D eigenvalue weighted by atomic mass is 10.2. The van der Waals surface area contributed by atoms with Crippen molar-refractivity contribution < 1.29 is 9.84 Å². The van der Waals surface area contributed by atoms with Gasteiger partial charge >= 0.3 is 0 Å². The number of hydrogen-bond donors (Lipinski definition) is 1. The van der Waals surface area contributed by atoms with Crippen molar-refractivity contribution in [3.8, 4) is 17.6 Å². The lowest BCUT2D eigenvalue weighted by Crippen LogP contribution is -1.90. The largest absolute Gasteiger partial charge is 0.456 e. The molecule has 2 aromatic rings. The van der Waals surface area contributed by atoms with E-state index in [4.69, 9.17) is 26.7 Å². The summed E-state index contributed by atoms with van der Waals surface area (Å²) in [6.45, 7) is -0.0577. The summed E-state index contributed by atoms with van der Waals surface area (Å²) in [5.74, 6) is 0.959. The summed E-state index contributed by atoms with van der Waals surface area (Å²) in [6.07, 6.45) is 0. The standard InChI is InChI=1S/C14H10ClNO2/c15-13-5-2-6-14(12(13)8-16)18-11-4-1-3-10(7-11)9-17/h1-7,17H,9H2. The van der Waals surface area contributed by atoms with Gasteiger partial charge in [0.25, 0.3) is 0 Å². The molecule has 0 atom stereocenters. The van der Waals surface area contributed by atoms with Crippen molar-refractivity contribution in [3.05, 3.63) is 58.6 Å². The Kier molecular flexibility index (Phi) is 3.83. The molecule has 0 spiro atoms. The van der Waals surface area contributed by atoms with Crippen molar-refractivity contribution in [2.45, 2.75) is 6.61 Å². The molecule has 2 aromatic carbocycles. The minimum atomic E-state index is -0.0577. The van der Waals surface area contributed by atoms with Crippen LogP contribution in [0, 0.1) is 11.3 Å². The Hall–Kier alpha value is -2.02. The van der Waals surface area contributed by atoms with Crippen molar-refractivity contribution in [1.29, 1.82) is 5.26 Å². The van der Waals surface area contributed by atoms with Crippen LogP contribution in [0.25, 0.3) is 0 Å². The van der Waals surface area contributed by atoms with Crippen LogP contribution in [0.15, 0.2) is 42.5 Å². The highest BCUT2D eigenvalue weighted by molar-refractivity contribution is 6.31. The number of hydrogen-bond acceptors (Lipinski definition) is 3. The van der Waals surface area contributed by atoms with E-state index in [0.717, 1.165) is 5.56 Å². The van der Waals surface area contributed by atoms with Crippen LogP contribution >= 0.6 is 11.6 Å². The normalized spacial score (nSPS) is 9.83. The van der Waals surface area contributed by atoms with Gasteiger partial charge in [-0.25, -0.2) is 0 Å². The molecule has 1 N–H and O–H groups in total. The molecule has 90 valence electrons. The lowest BCUT2D eigenvalue weighted by molar-refractivity contribution is 0.281. The van der Waals surface area contributed by atoms with Crippen LogP contribution in [0.4, 0.5) is 0 Å². The highest BCUT2D eigenvalue weighted by Crippen LogP contribution is 2.29. The zero-order valence-electron chi connectivity index (χ0n) is 9.43. The molecule has 0 bridgehead atoms. The van der Waals surface area contributed by atoms with E-state index in [1.54, 1.807) is 42.5 Å². The molecule has 0 aliphatic heterocycles. The van der Waals surface area contributed by atoms with Crippen LogP contribution in [0.2, 0.25) is 5.02 Å². The van der Waals surface area contributed by atoms with Crippen molar-refractivity contribution >= 4 is 11.6 Å². The summed E-state index contributed by atoms with van der Waals surface area (Å²) in [6, 6.07) is 14.1. The number of aliphatic hydroxyl groups is 1. The molecule has 0 saturated heterocycles. The van der Waals surface area contributed by atoms with Crippen molar-refractivity contribution in [2.24, 2.45) is 0 Å². The van der Waals surface area contributed by atoms with Crippen molar-refractivity contribution in [2.75, 3.05) is 0 Å². The molecule has 0 fully saturated rings. The van der Waals surface area contributed by atoms with E-state index in [1.807, 2.05) is 6.07 Å². The van der Waals surface area contributed by atoms with E-state index >= 15 is 0 Å². The van der Waals surface area contributed by atoms with E-state index < -0.39 is 0 Å². The molecule has 0 radical (unpaired) electrons. The number of nitriles is 1. The van der Waals surface area contributed by atoms with Gasteiger partial charge in [-0.15, -0.1) is 0 Å². The summed E-state index contributed by atoms with van der Waals surface area (Å²) in [4.78, 5) is 0. The summed E-state index contributed by atoms with van der Waals surface area (Å²) < 4.78 is 5.61. The second-order valence-corrected chi connectivity index (χ2v) is 4.04. The fourth-order valence-electron chi connectivity index (χ4n) is 1.53. The average Bonchev–Trinajstić information content (AvgIpc) is 2.39. The monoisotopic (exact) mass is 259 g/mol. The zero-order chi connectivity index (χ0) is 13.0. The van der Waals surface area contributed by atoms with Gasteiger partial charge in [-0.3, -0.25) is 0 Å². The highest BCUT2D eigenvalue weighted by atomic mass is 35.5. The zero-order valence-corrected chi connectivity index (χ0v) is 10.2. The number of nitrogens with zero attached hydrogens (tertiary/aromatic N) is 1. The minimum absolute atomic E-state index is 0.0577. The maximum atomic E-state index is 9.04. The second-order valence-electron chi connectivity index (χ2n) is 3.63. The Labute approximate surface area is 110 Å². The van der Waals surface area contributed by atoms with Gasteiger partial charge in [0.15, 0.2) is 0 Å². The van der Waals surface area contributed by atoms with Gasteiger partial charge in [0, 0.05) is 0 Å². The molecule has 3 nitrogen and oxygen atoms in total. The van der Waals surface area contributed by atoms with Gasteiger partial charge in [0.05, 0.1) is 11.6 Å². The highest BCUT2D eigenvalue weighted by Gasteiger charge is 2.08. The average molecular weight is 260 g/mol. The van der Waals surface area contributed by atoms with Gasteiger partial charge in [-0.05, 0) is 29.8 Å². The number of rotatable bonds is 3. The first-order chi connectivity index (χ1) is 8.74. The van der Waals surface area contributed by atoms with Crippen LogP contribution in [0.3, 0.4) is 0 Å². The summed E-state index contributed by atoms with van der Waals surface area (Å²) >= 11 is 5.91. The lowest BCUT2D eigenvalue weighted by Gasteiger charge is -2.09. The Morgan fingerprint density at radius 3 is 2.72 bits per heavy atom. The second kappa shape index (κ2) is 5.54. The van der Waals surface area contributed by atoms with Gasteiger partial charge in [-0.1, -0.05) is 29.8 Å². The molecule has 18 heavy (non-hydrogen) atoms. The fourth-order valence-corrected chi connectivity index (χ4v) is 1.74. The Bertz CT molecular complexity index is 605. The number of ether oxygens (including phenoxy) is 1. The molecule has 2 rings (SSSR count). The predicted molar refractivity (Wildman–Crippen MR) is 68.6 cm³/mol. The molecular weight excluding hydrogens is 250 g/mol. The molecule has 0 aliphatic carbocycles. The summed E-state index contributed by atoms with van der Waals surface area (Å²) in [5, 5.41) is 18.4.